The van der Waals surface area contributed by atoms with E-state index in [9.17, 15) is 10.1 Å². The summed E-state index contributed by atoms with van der Waals surface area (Å²) in [7, 11) is 0. The third-order valence-electron chi connectivity index (χ3n) is 3.75. The molecule has 24 heavy (non-hydrogen) atoms. The van der Waals surface area contributed by atoms with Gasteiger partial charge in [-0.05, 0) is 24.3 Å². The molecule has 4 rings (SSSR count). The maximum absolute atomic E-state index is 12.3. The number of carbonyl (C=O) groups is 1. The fraction of sp³-hybridized carbons (Fsp3) is 0.0556. The molecule has 5 nitrogen and oxygen atoms in total. The summed E-state index contributed by atoms with van der Waals surface area (Å²) < 4.78 is 0. The molecular formula is C18H12N4OS. The van der Waals surface area contributed by atoms with E-state index in [1.54, 1.807) is 4.90 Å². The van der Waals surface area contributed by atoms with Crippen molar-refractivity contribution in [3.05, 3.63) is 65.5 Å². The summed E-state index contributed by atoms with van der Waals surface area (Å²) in [4.78, 5) is 21.6. The van der Waals surface area contributed by atoms with Gasteiger partial charge in [0.25, 0.3) is 0 Å². The number of para-hydroxylation sites is 3. The average molecular weight is 332 g/mol. The molecule has 2 heterocycles. The molecule has 1 saturated heterocycles. The van der Waals surface area contributed by atoms with Crippen molar-refractivity contribution in [2.45, 2.75) is 0 Å². The summed E-state index contributed by atoms with van der Waals surface area (Å²) >= 11 is 1.36. The number of benzene rings is 2. The van der Waals surface area contributed by atoms with Crippen molar-refractivity contribution in [3.63, 3.8) is 0 Å². The number of allylic oxidation sites excluding steroid dienone is 1. The Hall–Kier alpha value is -3.04. The number of anilines is 1. The van der Waals surface area contributed by atoms with Crippen LogP contribution in [0, 0.1) is 11.3 Å². The number of amides is 1. The number of H-pyrrole nitrogens is 1. The zero-order valence-electron chi connectivity index (χ0n) is 12.6. The Morgan fingerprint density at radius 2 is 1.92 bits per heavy atom. The lowest BCUT2D eigenvalue weighted by molar-refractivity contribution is -0.115. The van der Waals surface area contributed by atoms with E-state index in [4.69, 9.17) is 0 Å². The van der Waals surface area contributed by atoms with E-state index in [-0.39, 0.29) is 5.91 Å². The average Bonchev–Trinajstić information content (AvgIpc) is 3.20. The van der Waals surface area contributed by atoms with E-state index in [1.165, 1.54) is 11.8 Å². The SMILES string of the molecule is N#C/C(=C1/SCC(=O)N1c1ccccc1)c1nc2ccccc2[nH]1. The molecule has 0 aliphatic carbocycles. The van der Waals surface area contributed by atoms with Gasteiger partial charge in [-0.3, -0.25) is 9.69 Å². The fourth-order valence-corrected chi connectivity index (χ4v) is 3.68. The zero-order chi connectivity index (χ0) is 16.5. The van der Waals surface area contributed by atoms with Crippen molar-refractivity contribution in [3.8, 4) is 6.07 Å². The van der Waals surface area contributed by atoms with Gasteiger partial charge in [-0.25, -0.2) is 4.98 Å². The molecule has 1 amide bonds. The number of fused-ring (bicyclic) bond motifs is 1. The minimum atomic E-state index is -0.0370. The standard InChI is InChI=1S/C18H12N4OS/c19-10-13(17-20-14-8-4-5-9-15(14)21-17)18-22(16(23)11-24-18)12-6-2-1-3-7-12/h1-9H,11H2,(H,20,21)/b18-13-. The third-order valence-corrected chi connectivity index (χ3v) is 4.80. The monoisotopic (exact) mass is 332 g/mol. The van der Waals surface area contributed by atoms with Crippen LogP contribution in [0.4, 0.5) is 5.69 Å². The highest BCUT2D eigenvalue weighted by atomic mass is 32.2. The number of imidazole rings is 1. The summed E-state index contributed by atoms with van der Waals surface area (Å²) in [5, 5.41) is 10.3. The van der Waals surface area contributed by atoms with Gasteiger partial charge in [-0.1, -0.05) is 42.1 Å². The number of aromatic amines is 1. The molecule has 2 aromatic carbocycles. The Labute approximate surface area is 142 Å². The van der Waals surface area contributed by atoms with Crippen LogP contribution in [0.5, 0.6) is 0 Å². The van der Waals surface area contributed by atoms with Gasteiger partial charge in [0.05, 0.1) is 16.8 Å². The lowest BCUT2D eigenvalue weighted by Crippen LogP contribution is -2.24. The highest BCUT2D eigenvalue weighted by Crippen LogP contribution is 2.38. The van der Waals surface area contributed by atoms with E-state index in [0.29, 0.717) is 22.2 Å². The number of aromatic nitrogens is 2. The van der Waals surface area contributed by atoms with Gasteiger partial charge in [0.1, 0.15) is 16.7 Å². The van der Waals surface area contributed by atoms with E-state index < -0.39 is 0 Å². The third kappa shape index (κ3) is 2.36. The maximum Gasteiger partial charge on any atom is 0.242 e. The van der Waals surface area contributed by atoms with Crippen molar-refractivity contribution in [2.75, 3.05) is 10.7 Å². The molecular weight excluding hydrogens is 320 g/mol. The topological polar surface area (TPSA) is 72.8 Å². The molecule has 1 aromatic heterocycles. The number of thioether (sulfide) groups is 1. The lowest BCUT2D eigenvalue weighted by atomic mass is 10.2. The molecule has 1 fully saturated rings. The largest absolute Gasteiger partial charge is 0.337 e. The van der Waals surface area contributed by atoms with Crippen LogP contribution in [0.2, 0.25) is 0 Å². The Bertz CT molecular complexity index is 968. The predicted octanol–water partition coefficient (Wildman–Crippen LogP) is 3.54. The molecule has 0 bridgehead atoms. The van der Waals surface area contributed by atoms with Gasteiger partial charge in [-0.2, -0.15) is 5.26 Å². The molecule has 0 atom stereocenters. The molecule has 0 radical (unpaired) electrons. The number of hydrogen-bond donors (Lipinski definition) is 1. The molecule has 1 aliphatic rings. The number of nitrogens with zero attached hydrogens (tertiary/aromatic N) is 3. The predicted molar refractivity (Wildman–Crippen MR) is 95.0 cm³/mol. The second kappa shape index (κ2) is 5.87. The van der Waals surface area contributed by atoms with Gasteiger partial charge >= 0.3 is 0 Å². The van der Waals surface area contributed by atoms with E-state index in [0.717, 1.165) is 16.7 Å². The van der Waals surface area contributed by atoms with Crippen LogP contribution >= 0.6 is 11.8 Å². The molecule has 0 saturated carbocycles. The molecule has 0 unspecified atom stereocenters. The van der Waals surface area contributed by atoms with Crippen molar-refractivity contribution in [1.82, 2.24) is 9.97 Å². The summed E-state index contributed by atoms with van der Waals surface area (Å²) in [5.74, 6) is 0.761. The van der Waals surface area contributed by atoms with Crippen molar-refractivity contribution < 1.29 is 4.79 Å². The summed E-state index contributed by atoms with van der Waals surface area (Å²) in [6, 6.07) is 19.2. The number of rotatable bonds is 2. The summed E-state index contributed by atoms with van der Waals surface area (Å²) in [5.41, 5.74) is 2.79. The van der Waals surface area contributed by atoms with Gasteiger partial charge < -0.3 is 4.98 Å². The Kier molecular flexibility index (Phi) is 3.56. The smallest absolute Gasteiger partial charge is 0.242 e. The molecule has 3 aromatic rings. The minimum absolute atomic E-state index is 0.0370. The first-order valence-corrected chi connectivity index (χ1v) is 8.37. The van der Waals surface area contributed by atoms with Gasteiger partial charge in [0, 0.05) is 5.69 Å². The Morgan fingerprint density at radius 1 is 1.17 bits per heavy atom. The second-order valence-corrected chi connectivity index (χ2v) is 6.21. The quantitative estimate of drug-likeness (QED) is 0.729. The highest BCUT2D eigenvalue weighted by molar-refractivity contribution is 8.04. The first kappa shape index (κ1) is 14.5. The summed E-state index contributed by atoms with van der Waals surface area (Å²) in [6.45, 7) is 0. The molecule has 0 spiro atoms. The molecule has 1 N–H and O–H groups in total. The Balaban J connectivity index is 1.88. The first-order chi connectivity index (χ1) is 11.8. The number of carbonyl (C=O) groups excluding carboxylic acids is 1. The zero-order valence-corrected chi connectivity index (χ0v) is 13.4. The van der Waals surface area contributed by atoms with Gasteiger partial charge in [-0.15, -0.1) is 0 Å². The van der Waals surface area contributed by atoms with Crippen molar-refractivity contribution >= 4 is 40.0 Å². The lowest BCUT2D eigenvalue weighted by Gasteiger charge is -2.17. The maximum atomic E-state index is 12.3. The van der Waals surface area contributed by atoms with Gasteiger partial charge in [0.2, 0.25) is 5.91 Å². The van der Waals surface area contributed by atoms with Crippen molar-refractivity contribution in [2.24, 2.45) is 0 Å². The molecule has 116 valence electrons. The van der Waals surface area contributed by atoms with E-state index >= 15 is 0 Å². The Morgan fingerprint density at radius 3 is 2.67 bits per heavy atom. The van der Waals surface area contributed by atoms with Crippen LogP contribution in [0.15, 0.2) is 59.6 Å². The fourth-order valence-electron chi connectivity index (χ4n) is 2.67. The number of nitrogens with one attached hydrogen (secondary N) is 1. The molecule has 1 aliphatic heterocycles. The first-order valence-electron chi connectivity index (χ1n) is 7.38. The number of nitriles is 1. The van der Waals surface area contributed by atoms with Crippen LogP contribution in [0.1, 0.15) is 5.82 Å². The van der Waals surface area contributed by atoms with Crippen LogP contribution in [-0.2, 0) is 4.79 Å². The normalized spacial score (nSPS) is 16.5. The molecule has 6 heteroatoms. The van der Waals surface area contributed by atoms with Gasteiger partial charge in [0.15, 0.2) is 5.82 Å². The second-order valence-electron chi connectivity index (χ2n) is 5.25. The highest BCUT2D eigenvalue weighted by Gasteiger charge is 2.32. The van der Waals surface area contributed by atoms with Crippen LogP contribution < -0.4 is 4.90 Å². The minimum Gasteiger partial charge on any atom is -0.337 e. The van der Waals surface area contributed by atoms with Crippen LogP contribution in [0.25, 0.3) is 16.6 Å². The van der Waals surface area contributed by atoms with Crippen LogP contribution in [0.3, 0.4) is 0 Å². The van der Waals surface area contributed by atoms with E-state index in [1.807, 2.05) is 54.6 Å². The summed E-state index contributed by atoms with van der Waals surface area (Å²) in [6.07, 6.45) is 0. The number of hydrogen-bond acceptors (Lipinski definition) is 4. The van der Waals surface area contributed by atoms with Crippen molar-refractivity contribution in [1.29, 1.82) is 5.26 Å². The van der Waals surface area contributed by atoms with E-state index in [2.05, 4.69) is 16.0 Å². The van der Waals surface area contributed by atoms with Crippen LogP contribution in [-0.4, -0.2) is 21.6 Å².